The zero-order valence-electron chi connectivity index (χ0n) is 34.9. The fourth-order valence-corrected chi connectivity index (χ4v) is 9.58. The summed E-state index contributed by atoms with van der Waals surface area (Å²) in [4.78, 5) is 31.4. The highest BCUT2D eigenvalue weighted by molar-refractivity contribution is 7.85. The molecule has 4 rings (SSSR count). The summed E-state index contributed by atoms with van der Waals surface area (Å²) in [6.07, 6.45) is 4.65. The van der Waals surface area contributed by atoms with Gasteiger partial charge < -0.3 is 18.9 Å². The van der Waals surface area contributed by atoms with E-state index in [1.54, 1.807) is 52.2 Å². The first-order chi connectivity index (χ1) is 27.9. The van der Waals surface area contributed by atoms with Gasteiger partial charge in [-0.3, -0.25) is 18.2 Å². The number of carbonyl (C=O) groups excluding carboxylic acids is 2. The van der Waals surface area contributed by atoms with Crippen molar-refractivity contribution in [1.82, 2.24) is 9.80 Å². The Labute approximate surface area is 349 Å². The van der Waals surface area contributed by atoms with Gasteiger partial charge in [0.1, 0.15) is 11.5 Å². The Hall–Kier alpha value is -4.62. The standard InChI is InChI=1S/C46H58N2O8S2/c1-9-15-33-21-25-35(26-22-33)57(51)41(37-17-11-13-19-39(37)53-7)31-43(47(3)4)55-45(49)29-30-46(50)56-44(48(5)6)32-42(38-18-12-14-20-40(38)54-8)58(52)36-27-23-34(16-10-2)24-28-36/h11-14,17-30,41-44H,9-10,15-16,31-32H2,1-8H3/b30-29-. The minimum absolute atomic E-state index is 0.173. The third-order valence-corrected chi connectivity index (χ3v) is 13.1. The first-order valence-electron chi connectivity index (χ1n) is 19.6. The average Bonchev–Trinajstić information content (AvgIpc) is 3.23. The van der Waals surface area contributed by atoms with E-state index in [4.69, 9.17) is 18.9 Å². The molecule has 0 aliphatic rings. The Bertz CT molecular complexity index is 1860. The quantitative estimate of drug-likeness (QED) is 0.0437. The summed E-state index contributed by atoms with van der Waals surface area (Å²) < 4.78 is 51.6. The SMILES string of the molecule is CCCc1ccc(S(=O)C(CC(OC(=O)/C=C\C(=O)OC(CC(c2ccccc2OC)S(=O)c2ccc(CCC)cc2)N(C)C)N(C)C)c2ccccc2OC)cc1. The van der Waals surface area contributed by atoms with E-state index in [2.05, 4.69) is 13.8 Å². The molecule has 0 spiro atoms. The molecule has 6 atom stereocenters. The third-order valence-electron chi connectivity index (χ3n) is 9.72. The van der Waals surface area contributed by atoms with Crippen LogP contribution in [-0.4, -0.2) is 85.0 Å². The van der Waals surface area contributed by atoms with Gasteiger partial charge >= 0.3 is 11.9 Å². The lowest BCUT2D eigenvalue weighted by atomic mass is 10.1. The zero-order chi connectivity index (χ0) is 42.2. The van der Waals surface area contributed by atoms with Crippen LogP contribution in [0.2, 0.25) is 0 Å². The molecule has 0 saturated heterocycles. The van der Waals surface area contributed by atoms with Crippen molar-refractivity contribution in [3.8, 4) is 11.5 Å². The number of benzene rings is 4. The number of para-hydroxylation sites is 2. The Morgan fingerprint density at radius 1 is 0.569 bits per heavy atom. The van der Waals surface area contributed by atoms with Gasteiger partial charge in [-0.15, -0.1) is 0 Å². The Balaban J connectivity index is 1.52. The van der Waals surface area contributed by atoms with Gasteiger partial charge in [-0.25, -0.2) is 9.59 Å². The number of methoxy groups -OCH3 is 2. The fraction of sp³-hybridized carbons (Fsp3) is 0.391. The molecule has 0 aromatic heterocycles. The van der Waals surface area contributed by atoms with Gasteiger partial charge in [0.25, 0.3) is 0 Å². The van der Waals surface area contributed by atoms with Crippen LogP contribution in [0.25, 0.3) is 0 Å². The van der Waals surface area contributed by atoms with Crippen molar-refractivity contribution in [2.24, 2.45) is 0 Å². The lowest BCUT2D eigenvalue weighted by Crippen LogP contribution is -2.35. The molecule has 0 aliphatic carbocycles. The van der Waals surface area contributed by atoms with Gasteiger partial charge in [0, 0.05) is 45.9 Å². The molecule has 0 bridgehead atoms. The molecule has 312 valence electrons. The van der Waals surface area contributed by atoms with Crippen LogP contribution in [0.15, 0.2) is 119 Å². The van der Waals surface area contributed by atoms with Crippen LogP contribution < -0.4 is 9.47 Å². The highest BCUT2D eigenvalue weighted by Gasteiger charge is 2.32. The normalized spacial score (nSPS) is 14.7. The summed E-state index contributed by atoms with van der Waals surface area (Å²) in [5, 5.41) is -1.20. The van der Waals surface area contributed by atoms with Crippen molar-refractivity contribution in [3.05, 3.63) is 131 Å². The second kappa shape index (κ2) is 23.1. The van der Waals surface area contributed by atoms with Crippen LogP contribution >= 0.6 is 0 Å². The van der Waals surface area contributed by atoms with E-state index >= 15 is 0 Å². The maximum Gasteiger partial charge on any atom is 0.332 e. The second-order valence-corrected chi connectivity index (χ2v) is 17.6. The molecule has 10 nitrogen and oxygen atoms in total. The topological polar surface area (TPSA) is 112 Å². The van der Waals surface area contributed by atoms with E-state index < -0.39 is 56.5 Å². The molecule has 0 amide bonds. The Morgan fingerprint density at radius 2 is 0.914 bits per heavy atom. The van der Waals surface area contributed by atoms with Gasteiger partial charge in [0.05, 0.1) is 46.3 Å². The first kappa shape index (κ1) is 46.1. The summed E-state index contributed by atoms with van der Waals surface area (Å²) in [7, 11) is 7.12. The molecule has 0 saturated carbocycles. The predicted octanol–water partition coefficient (Wildman–Crippen LogP) is 8.21. The predicted molar refractivity (Wildman–Crippen MR) is 231 cm³/mol. The first-order valence-corrected chi connectivity index (χ1v) is 22.0. The highest BCUT2D eigenvalue weighted by Crippen LogP contribution is 2.38. The largest absolute Gasteiger partial charge is 0.496 e. The maximum atomic E-state index is 14.3. The van der Waals surface area contributed by atoms with E-state index in [1.807, 2.05) is 97.1 Å². The molecule has 12 heteroatoms. The molecular formula is C46H58N2O8S2. The third kappa shape index (κ3) is 12.9. The summed E-state index contributed by atoms with van der Waals surface area (Å²) in [5.74, 6) is -0.394. The number of aryl methyl sites for hydroxylation is 2. The zero-order valence-corrected chi connectivity index (χ0v) is 36.6. The summed E-state index contributed by atoms with van der Waals surface area (Å²) in [6, 6.07) is 30.3. The number of esters is 2. The Kier molecular flexibility index (Phi) is 18.3. The molecule has 6 unspecified atom stereocenters. The molecule has 0 aliphatic heterocycles. The van der Waals surface area contributed by atoms with Crippen LogP contribution in [0.1, 0.15) is 72.3 Å². The van der Waals surface area contributed by atoms with Crippen molar-refractivity contribution in [3.63, 3.8) is 0 Å². The minimum Gasteiger partial charge on any atom is -0.496 e. The molecule has 58 heavy (non-hydrogen) atoms. The number of hydrogen-bond donors (Lipinski definition) is 0. The number of nitrogens with zero attached hydrogens (tertiary/aromatic N) is 2. The Morgan fingerprint density at radius 3 is 1.22 bits per heavy atom. The minimum atomic E-state index is -1.53. The van der Waals surface area contributed by atoms with E-state index in [-0.39, 0.29) is 12.8 Å². The molecular weight excluding hydrogens is 773 g/mol. The molecule has 4 aromatic rings. The van der Waals surface area contributed by atoms with Gasteiger partial charge in [-0.05, 0) is 88.6 Å². The molecule has 0 fully saturated rings. The number of rotatable bonds is 22. The van der Waals surface area contributed by atoms with Crippen molar-refractivity contribution >= 4 is 33.5 Å². The van der Waals surface area contributed by atoms with Crippen molar-refractivity contribution in [2.45, 2.75) is 85.1 Å². The van der Waals surface area contributed by atoms with E-state index in [9.17, 15) is 18.0 Å². The van der Waals surface area contributed by atoms with Crippen LogP contribution in [-0.2, 0) is 53.5 Å². The smallest absolute Gasteiger partial charge is 0.332 e. The van der Waals surface area contributed by atoms with Crippen LogP contribution in [0, 0.1) is 0 Å². The van der Waals surface area contributed by atoms with Gasteiger partial charge in [0.2, 0.25) is 0 Å². The lowest BCUT2D eigenvalue weighted by Gasteiger charge is -2.29. The monoisotopic (exact) mass is 830 g/mol. The maximum absolute atomic E-state index is 14.3. The van der Waals surface area contributed by atoms with Gasteiger partial charge in [-0.2, -0.15) is 0 Å². The number of ether oxygens (including phenoxy) is 4. The van der Waals surface area contributed by atoms with Crippen LogP contribution in [0.3, 0.4) is 0 Å². The van der Waals surface area contributed by atoms with Crippen molar-refractivity contribution in [2.75, 3.05) is 42.4 Å². The lowest BCUT2D eigenvalue weighted by molar-refractivity contribution is -0.154. The van der Waals surface area contributed by atoms with Gasteiger partial charge in [0.15, 0.2) is 12.5 Å². The summed E-state index contributed by atoms with van der Waals surface area (Å²) in [5.41, 5.74) is 3.77. The fourth-order valence-electron chi connectivity index (χ4n) is 6.59. The highest BCUT2D eigenvalue weighted by atomic mass is 32.2. The average molecular weight is 831 g/mol. The van der Waals surface area contributed by atoms with Crippen LogP contribution in [0.4, 0.5) is 0 Å². The van der Waals surface area contributed by atoms with Crippen LogP contribution in [0.5, 0.6) is 11.5 Å². The number of carbonyl (C=O) groups is 2. The number of hydrogen-bond acceptors (Lipinski definition) is 10. The summed E-state index contributed by atoms with van der Waals surface area (Å²) in [6.45, 7) is 4.23. The molecule has 0 heterocycles. The van der Waals surface area contributed by atoms with Crippen molar-refractivity contribution < 1.29 is 37.0 Å². The second-order valence-electron chi connectivity index (χ2n) is 14.4. The van der Waals surface area contributed by atoms with Gasteiger partial charge in [-0.1, -0.05) is 87.4 Å². The van der Waals surface area contributed by atoms with E-state index in [1.165, 1.54) is 11.1 Å². The molecule has 0 radical (unpaired) electrons. The summed E-state index contributed by atoms with van der Waals surface area (Å²) >= 11 is 0. The molecule has 0 N–H and O–H groups in total. The van der Waals surface area contributed by atoms with E-state index in [0.29, 0.717) is 21.3 Å². The van der Waals surface area contributed by atoms with E-state index in [0.717, 1.165) is 49.0 Å². The molecule has 4 aromatic carbocycles. The van der Waals surface area contributed by atoms with Crippen molar-refractivity contribution in [1.29, 1.82) is 0 Å².